The van der Waals surface area contributed by atoms with Crippen molar-refractivity contribution < 1.29 is 23.7 Å². The summed E-state index contributed by atoms with van der Waals surface area (Å²) < 4.78 is 33.2. The van der Waals surface area contributed by atoms with Crippen molar-refractivity contribution in [1.82, 2.24) is 4.90 Å². The number of likely N-dealkylation sites (tertiary alicyclic amines) is 1. The van der Waals surface area contributed by atoms with Gasteiger partial charge in [-0.25, -0.2) is 0 Å². The maximum Gasteiger partial charge on any atom is 0.165 e. The molecule has 2 aromatic rings. The summed E-state index contributed by atoms with van der Waals surface area (Å²) in [6.45, 7) is 4.59. The van der Waals surface area contributed by atoms with Crippen molar-refractivity contribution >= 4 is 0 Å². The fourth-order valence-electron chi connectivity index (χ4n) is 8.93. The van der Waals surface area contributed by atoms with E-state index >= 15 is 0 Å². The summed E-state index contributed by atoms with van der Waals surface area (Å²) in [6, 6.07) is 17.4. The molecule has 6 aliphatic rings. The Labute approximate surface area is 242 Å². The highest BCUT2D eigenvalue weighted by Crippen LogP contribution is 2.68. The van der Waals surface area contributed by atoms with Gasteiger partial charge in [0, 0.05) is 37.1 Å². The summed E-state index contributed by atoms with van der Waals surface area (Å²) in [6.07, 6.45) is 7.46. The standard InChI is InChI=1S/C34H40N2O5/c35-15-4-5-17-40-34-13-12-26(32-37-18-19-38-32)31-33(34)14-16-36(21-23-8-9-23)28(34)20-25-10-11-27(30(41-31)29(25)33)39-22-24-6-2-1-3-7-24/h1-3,6-7,10-11,23,26,28,31-32H,4-5,8-9,12-14,16-22H2/t26?,28-,31+,33+,34?/m1/s1. The average Bonchev–Trinajstić information content (AvgIpc) is 3.50. The highest BCUT2D eigenvalue weighted by molar-refractivity contribution is 5.63. The molecule has 5 atom stereocenters. The minimum Gasteiger partial charge on any atom is -0.485 e. The van der Waals surface area contributed by atoms with E-state index in [-0.39, 0.29) is 29.3 Å². The Morgan fingerprint density at radius 3 is 2.68 bits per heavy atom. The maximum absolute atomic E-state index is 9.27. The quantitative estimate of drug-likeness (QED) is 0.375. The van der Waals surface area contributed by atoms with Crippen molar-refractivity contribution in [2.24, 2.45) is 11.8 Å². The zero-order valence-corrected chi connectivity index (χ0v) is 23.8. The zero-order chi connectivity index (χ0) is 27.4. The van der Waals surface area contributed by atoms with E-state index in [1.165, 1.54) is 24.0 Å². The molecule has 2 saturated carbocycles. The van der Waals surface area contributed by atoms with Crippen molar-refractivity contribution in [3.8, 4) is 17.6 Å². The molecular formula is C34H40N2O5. The smallest absolute Gasteiger partial charge is 0.165 e. The van der Waals surface area contributed by atoms with E-state index < -0.39 is 0 Å². The van der Waals surface area contributed by atoms with E-state index in [4.69, 9.17) is 23.7 Å². The van der Waals surface area contributed by atoms with Crippen molar-refractivity contribution in [2.75, 3.05) is 32.9 Å². The van der Waals surface area contributed by atoms with E-state index in [2.05, 4.69) is 35.2 Å². The molecule has 216 valence electrons. The van der Waals surface area contributed by atoms with Crippen LogP contribution in [-0.2, 0) is 32.7 Å². The van der Waals surface area contributed by atoms with Crippen LogP contribution in [0.1, 0.15) is 61.6 Å². The van der Waals surface area contributed by atoms with Crippen LogP contribution in [0.2, 0.25) is 0 Å². The second-order valence-electron chi connectivity index (χ2n) is 12.9. The molecule has 3 heterocycles. The molecule has 4 fully saturated rings. The molecule has 2 unspecified atom stereocenters. The lowest BCUT2D eigenvalue weighted by atomic mass is 9.47. The first-order valence-electron chi connectivity index (χ1n) is 15.7. The number of rotatable bonds is 10. The number of unbranched alkanes of at least 4 members (excludes halogenated alkanes) is 1. The van der Waals surface area contributed by atoms with Gasteiger partial charge in [0.1, 0.15) is 12.7 Å². The van der Waals surface area contributed by atoms with Gasteiger partial charge in [-0.3, -0.25) is 4.90 Å². The molecular weight excluding hydrogens is 516 g/mol. The Hall–Kier alpha value is -2.63. The molecule has 2 aromatic carbocycles. The first-order valence-corrected chi connectivity index (χ1v) is 15.7. The number of benzene rings is 2. The first-order chi connectivity index (χ1) is 20.2. The van der Waals surface area contributed by atoms with Crippen LogP contribution in [0.25, 0.3) is 0 Å². The van der Waals surface area contributed by atoms with E-state index in [9.17, 15) is 5.26 Å². The minimum atomic E-state index is -0.369. The summed E-state index contributed by atoms with van der Waals surface area (Å²) in [5, 5.41) is 9.27. The van der Waals surface area contributed by atoms with Gasteiger partial charge in [-0.15, -0.1) is 0 Å². The van der Waals surface area contributed by atoms with Crippen LogP contribution in [0.4, 0.5) is 0 Å². The van der Waals surface area contributed by atoms with Crippen LogP contribution >= 0.6 is 0 Å². The summed E-state index contributed by atoms with van der Waals surface area (Å²) in [5.74, 6) is 2.68. The number of hydrogen-bond donors (Lipinski definition) is 0. The molecule has 0 amide bonds. The number of hydrogen-bond acceptors (Lipinski definition) is 7. The Kier molecular flexibility index (Phi) is 6.52. The largest absolute Gasteiger partial charge is 0.485 e. The molecule has 41 heavy (non-hydrogen) atoms. The summed E-state index contributed by atoms with van der Waals surface area (Å²) >= 11 is 0. The number of ether oxygens (including phenoxy) is 5. The molecule has 7 heteroatoms. The van der Waals surface area contributed by atoms with Crippen LogP contribution < -0.4 is 9.47 Å². The Balaban J connectivity index is 1.23. The molecule has 2 saturated heterocycles. The van der Waals surface area contributed by atoms with E-state index in [1.807, 2.05) is 18.2 Å². The molecule has 7 nitrogen and oxygen atoms in total. The molecule has 3 aliphatic carbocycles. The van der Waals surface area contributed by atoms with Crippen LogP contribution in [0, 0.1) is 23.2 Å². The summed E-state index contributed by atoms with van der Waals surface area (Å²) in [7, 11) is 0. The predicted molar refractivity (Wildman–Crippen MR) is 152 cm³/mol. The summed E-state index contributed by atoms with van der Waals surface area (Å²) in [5.41, 5.74) is 3.17. The molecule has 0 aromatic heterocycles. The van der Waals surface area contributed by atoms with Crippen molar-refractivity contribution in [3.63, 3.8) is 0 Å². The van der Waals surface area contributed by atoms with Crippen LogP contribution in [-0.4, -0.2) is 61.8 Å². The van der Waals surface area contributed by atoms with Crippen molar-refractivity contribution in [2.45, 2.75) is 87.4 Å². The monoisotopic (exact) mass is 556 g/mol. The zero-order valence-electron chi connectivity index (χ0n) is 23.8. The van der Waals surface area contributed by atoms with Gasteiger partial charge in [-0.05, 0) is 74.6 Å². The van der Waals surface area contributed by atoms with E-state index in [0.717, 1.165) is 68.2 Å². The third-order valence-corrected chi connectivity index (χ3v) is 10.8. The average molecular weight is 557 g/mol. The van der Waals surface area contributed by atoms with Crippen LogP contribution in [0.15, 0.2) is 42.5 Å². The van der Waals surface area contributed by atoms with Gasteiger partial charge in [-0.1, -0.05) is 36.4 Å². The highest BCUT2D eigenvalue weighted by atomic mass is 16.7. The molecule has 2 bridgehead atoms. The Morgan fingerprint density at radius 1 is 1.02 bits per heavy atom. The highest BCUT2D eigenvalue weighted by Gasteiger charge is 2.74. The van der Waals surface area contributed by atoms with E-state index in [0.29, 0.717) is 38.9 Å². The minimum absolute atomic E-state index is 0.101. The third-order valence-electron chi connectivity index (χ3n) is 10.8. The molecule has 0 radical (unpaired) electrons. The topological polar surface area (TPSA) is 73.2 Å². The summed E-state index contributed by atoms with van der Waals surface area (Å²) in [4.78, 5) is 2.76. The second kappa shape index (κ2) is 10.3. The van der Waals surface area contributed by atoms with E-state index in [1.54, 1.807) is 0 Å². The SMILES string of the molecule is N#CCCCOC12CCC(C3OCCO3)[C@@H]3Oc4c(OCc5ccccc5)ccc5c4[C@@]31CCN(CC1CC1)[C@@H]2C5. The molecule has 3 aliphatic heterocycles. The van der Waals surface area contributed by atoms with Gasteiger partial charge >= 0.3 is 0 Å². The maximum atomic E-state index is 9.27. The number of piperidine rings is 1. The lowest BCUT2D eigenvalue weighted by Crippen LogP contribution is -2.77. The third kappa shape index (κ3) is 4.06. The molecule has 8 rings (SSSR count). The molecule has 1 spiro atoms. The Morgan fingerprint density at radius 2 is 1.88 bits per heavy atom. The van der Waals surface area contributed by atoms with Gasteiger partial charge in [-0.2, -0.15) is 5.26 Å². The van der Waals surface area contributed by atoms with Gasteiger partial charge in [0.15, 0.2) is 17.8 Å². The fraction of sp³-hybridized carbons (Fsp3) is 0.618. The first kappa shape index (κ1) is 26.0. The normalized spacial score (nSPS) is 33.7. The van der Waals surface area contributed by atoms with Crippen molar-refractivity contribution in [3.05, 3.63) is 59.2 Å². The Bertz CT molecular complexity index is 1320. The number of nitriles is 1. The second-order valence-corrected chi connectivity index (χ2v) is 12.9. The predicted octanol–water partition coefficient (Wildman–Crippen LogP) is 5.15. The van der Waals surface area contributed by atoms with Gasteiger partial charge in [0.2, 0.25) is 0 Å². The fourth-order valence-corrected chi connectivity index (χ4v) is 8.93. The van der Waals surface area contributed by atoms with Crippen molar-refractivity contribution in [1.29, 1.82) is 5.26 Å². The van der Waals surface area contributed by atoms with Gasteiger partial charge in [0.05, 0.1) is 30.3 Å². The number of nitrogens with zero attached hydrogens (tertiary/aromatic N) is 2. The lowest BCUT2D eigenvalue weighted by Gasteiger charge is -2.66. The van der Waals surface area contributed by atoms with Crippen LogP contribution in [0.5, 0.6) is 11.5 Å². The molecule has 0 N–H and O–H groups in total. The van der Waals surface area contributed by atoms with Gasteiger partial charge < -0.3 is 23.7 Å². The van der Waals surface area contributed by atoms with Gasteiger partial charge in [0.25, 0.3) is 0 Å². The van der Waals surface area contributed by atoms with Crippen LogP contribution in [0.3, 0.4) is 0 Å². The lowest BCUT2D eigenvalue weighted by molar-refractivity contribution is -0.244.